The lowest BCUT2D eigenvalue weighted by molar-refractivity contribution is -0.133. The van der Waals surface area contributed by atoms with E-state index < -0.39 is 5.97 Å². The van der Waals surface area contributed by atoms with Gasteiger partial charge in [0.1, 0.15) is 17.6 Å². The third-order valence-electron chi connectivity index (χ3n) is 2.54. The van der Waals surface area contributed by atoms with E-state index in [-0.39, 0.29) is 16.9 Å². The van der Waals surface area contributed by atoms with Crippen LogP contribution in [0.25, 0.3) is 5.57 Å². The average molecular weight is 322 g/mol. The number of rotatable bonds is 5. The maximum absolute atomic E-state index is 11.9. The van der Waals surface area contributed by atoms with E-state index in [0.717, 1.165) is 0 Å². The Morgan fingerprint density at radius 3 is 2.68 bits per heavy atom. The topological polar surface area (TPSA) is 83.4 Å². The zero-order valence-electron chi connectivity index (χ0n) is 11.8. The van der Waals surface area contributed by atoms with Crippen LogP contribution in [-0.4, -0.2) is 35.1 Å². The molecule has 2 aromatic rings. The van der Waals surface area contributed by atoms with Gasteiger partial charge >= 0.3 is 12.0 Å². The van der Waals surface area contributed by atoms with Crippen LogP contribution in [0.1, 0.15) is 5.56 Å². The quantitative estimate of drug-likeness (QED) is 0.475. The Kier molecular flexibility index (Phi) is 5.26. The van der Waals surface area contributed by atoms with Crippen LogP contribution >= 0.6 is 11.6 Å². The van der Waals surface area contributed by atoms with E-state index >= 15 is 0 Å². The van der Waals surface area contributed by atoms with Crippen molar-refractivity contribution in [3.8, 4) is 11.8 Å². The van der Waals surface area contributed by atoms with Crippen molar-refractivity contribution in [2.75, 3.05) is 14.2 Å². The highest BCUT2D eigenvalue weighted by molar-refractivity contribution is 6.28. The Morgan fingerprint density at radius 2 is 2.00 bits per heavy atom. The van der Waals surface area contributed by atoms with E-state index in [1.807, 2.05) is 0 Å². The van der Waals surface area contributed by atoms with Gasteiger partial charge in [-0.25, -0.2) is 9.78 Å². The molecule has 0 bridgehead atoms. The van der Waals surface area contributed by atoms with Crippen molar-refractivity contribution in [1.82, 2.24) is 15.0 Å². The summed E-state index contributed by atoms with van der Waals surface area (Å²) in [5.41, 5.74) is 0.661. The fourth-order valence-corrected chi connectivity index (χ4v) is 1.75. The van der Waals surface area contributed by atoms with Gasteiger partial charge in [-0.05, 0) is 17.7 Å². The number of carbonyl (C=O) groups excluding carboxylic acids is 1. The first-order chi connectivity index (χ1) is 10.7. The summed E-state index contributed by atoms with van der Waals surface area (Å²) in [5, 5.41) is 0.00288. The number of benzene rings is 1. The Bertz CT molecular complexity index is 706. The number of ether oxygens (including phenoxy) is 3. The molecule has 114 valence electrons. The molecule has 0 fully saturated rings. The highest BCUT2D eigenvalue weighted by atomic mass is 35.5. The summed E-state index contributed by atoms with van der Waals surface area (Å²) in [6, 6.07) is 6.83. The third-order valence-corrected chi connectivity index (χ3v) is 2.72. The van der Waals surface area contributed by atoms with Crippen molar-refractivity contribution >= 4 is 23.1 Å². The van der Waals surface area contributed by atoms with Gasteiger partial charge < -0.3 is 14.2 Å². The second-order valence-electron chi connectivity index (χ2n) is 3.89. The van der Waals surface area contributed by atoms with Crippen molar-refractivity contribution in [2.45, 2.75) is 0 Å². The second kappa shape index (κ2) is 7.37. The molecule has 0 saturated heterocycles. The summed E-state index contributed by atoms with van der Waals surface area (Å²) in [6.07, 6.45) is 2.49. The number of hydrogen-bond acceptors (Lipinski definition) is 7. The van der Waals surface area contributed by atoms with Crippen LogP contribution in [-0.2, 0) is 14.3 Å². The van der Waals surface area contributed by atoms with Crippen LogP contribution in [0.15, 0.2) is 36.9 Å². The summed E-state index contributed by atoms with van der Waals surface area (Å²) in [4.78, 5) is 23.2. The molecule has 2 rings (SSSR count). The normalized spacial score (nSPS) is 11.0. The monoisotopic (exact) mass is 321 g/mol. The molecule has 0 spiro atoms. The van der Waals surface area contributed by atoms with Crippen molar-refractivity contribution in [1.29, 1.82) is 0 Å². The van der Waals surface area contributed by atoms with Crippen molar-refractivity contribution in [2.24, 2.45) is 0 Å². The average Bonchev–Trinajstić information content (AvgIpc) is 2.53. The number of aromatic nitrogens is 3. The molecule has 1 heterocycles. The summed E-state index contributed by atoms with van der Waals surface area (Å²) in [7, 11) is 2.71. The number of esters is 1. The first-order valence-corrected chi connectivity index (χ1v) is 6.46. The van der Waals surface area contributed by atoms with E-state index in [4.69, 9.17) is 25.8 Å². The zero-order chi connectivity index (χ0) is 15.9. The maximum atomic E-state index is 11.9. The molecule has 0 saturated carbocycles. The molecular weight excluding hydrogens is 310 g/mol. The van der Waals surface area contributed by atoms with Gasteiger partial charge in [-0.1, -0.05) is 18.2 Å². The van der Waals surface area contributed by atoms with E-state index in [9.17, 15) is 4.79 Å². The van der Waals surface area contributed by atoms with Crippen LogP contribution in [0, 0.1) is 0 Å². The number of hydrogen-bond donors (Lipinski definition) is 0. The molecule has 7 nitrogen and oxygen atoms in total. The van der Waals surface area contributed by atoms with Gasteiger partial charge in [0.2, 0.25) is 5.28 Å². The summed E-state index contributed by atoms with van der Waals surface area (Å²) < 4.78 is 15.2. The SMILES string of the molecule is COC=C(C(=O)OC)c1ccccc1Oc1ncnc(Cl)n1. The molecule has 0 aliphatic rings. The summed E-state index contributed by atoms with van der Waals surface area (Å²) in [5.74, 6) is -0.218. The van der Waals surface area contributed by atoms with Crippen LogP contribution in [0.3, 0.4) is 0 Å². The lowest BCUT2D eigenvalue weighted by Gasteiger charge is -2.11. The molecule has 0 aliphatic carbocycles. The van der Waals surface area contributed by atoms with E-state index in [1.54, 1.807) is 24.3 Å². The minimum atomic E-state index is -0.563. The van der Waals surface area contributed by atoms with Gasteiger partial charge in [-0.15, -0.1) is 0 Å². The number of nitrogens with zero attached hydrogens (tertiary/aromatic N) is 3. The van der Waals surface area contributed by atoms with E-state index in [0.29, 0.717) is 11.3 Å². The van der Waals surface area contributed by atoms with E-state index in [1.165, 1.54) is 26.8 Å². The van der Waals surface area contributed by atoms with Crippen LogP contribution in [0.5, 0.6) is 11.8 Å². The highest BCUT2D eigenvalue weighted by Crippen LogP contribution is 2.29. The number of para-hydroxylation sites is 1. The van der Waals surface area contributed by atoms with Crippen LogP contribution < -0.4 is 4.74 Å². The molecule has 1 aromatic heterocycles. The summed E-state index contributed by atoms with van der Waals surface area (Å²) >= 11 is 5.69. The minimum absolute atomic E-state index is 0.00288. The highest BCUT2D eigenvalue weighted by Gasteiger charge is 2.18. The Labute approximate surface area is 131 Å². The number of methoxy groups -OCH3 is 2. The van der Waals surface area contributed by atoms with Gasteiger partial charge in [-0.3, -0.25) is 0 Å². The van der Waals surface area contributed by atoms with Gasteiger partial charge in [0.05, 0.1) is 20.5 Å². The fourth-order valence-electron chi connectivity index (χ4n) is 1.64. The standard InChI is InChI=1S/C14H12ClN3O4/c1-20-7-10(12(19)21-2)9-5-3-4-6-11(9)22-14-17-8-16-13(15)18-14/h3-8H,1-2H3. The molecular formula is C14H12ClN3O4. The smallest absolute Gasteiger partial charge is 0.341 e. The zero-order valence-corrected chi connectivity index (χ0v) is 12.6. The second-order valence-corrected chi connectivity index (χ2v) is 4.23. The number of carbonyl (C=O) groups is 1. The van der Waals surface area contributed by atoms with Gasteiger partial charge in [0, 0.05) is 5.56 Å². The van der Waals surface area contributed by atoms with E-state index in [2.05, 4.69) is 15.0 Å². The van der Waals surface area contributed by atoms with Crippen LogP contribution in [0.4, 0.5) is 0 Å². The lowest BCUT2D eigenvalue weighted by atomic mass is 10.1. The molecule has 0 N–H and O–H groups in total. The molecule has 0 aliphatic heterocycles. The molecule has 0 unspecified atom stereocenters. The van der Waals surface area contributed by atoms with Gasteiger partial charge in [-0.2, -0.15) is 9.97 Å². The summed E-state index contributed by atoms with van der Waals surface area (Å²) in [6.45, 7) is 0. The van der Waals surface area contributed by atoms with Crippen LogP contribution in [0.2, 0.25) is 5.28 Å². The van der Waals surface area contributed by atoms with Gasteiger partial charge in [0.25, 0.3) is 0 Å². The first kappa shape index (κ1) is 15.7. The minimum Gasteiger partial charge on any atom is -0.503 e. The van der Waals surface area contributed by atoms with Gasteiger partial charge in [0.15, 0.2) is 0 Å². The fraction of sp³-hybridized carbons (Fsp3) is 0.143. The molecule has 1 aromatic carbocycles. The lowest BCUT2D eigenvalue weighted by Crippen LogP contribution is -2.06. The molecule has 0 atom stereocenters. The number of halogens is 1. The largest absolute Gasteiger partial charge is 0.503 e. The molecule has 8 heteroatoms. The molecule has 22 heavy (non-hydrogen) atoms. The van der Waals surface area contributed by atoms with Crippen molar-refractivity contribution in [3.05, 3.63) is 47.7 Å². The van der Waals surface area contributed by atoms with Crippen molar-refractivity contribution < 1.29 is 19.0 Å². The molecule has 0 radical (unpaired) electrons. The van der Waals surface area contributed by atoms with Crippen molar-refractivity contribution in [3.63, 3.8) is 0 Å². The third kappa shape index (κ3) is 3.70. The Morgan fingerprint density at radius 1 is 1.23 bits per heavy atom. The maximum Gasteiger partial charge on any atom is 0.341 e. The Hall–Kier alpha value is -2.67. The first-order valence-electron chi connectivity index (χ1n) is 6.08. The Balaban J connectivity index is 2.41. The molecule has 0 amide bonds. The predicted molar refractivity (Wildman–Crippen MR) is 78.4 cm³/mol. The predicted octanol–water partition coefficient (Wildman–Crippen LogP) is 2.48.